The number of halogens is 5. The molecule has 0 unspecified atom stereocenters. The van der Waals surface area contributed by atoms with E-state index in [1.165, 1.54) is 0 Å². The third kappa shape index (κ3) is 5.77. The van der Waals surface area contributed by atoms with Crippen LogP contribution in [-0.4, -0.2) is 36.1 Å². The number of aryl methyl sites for hydroxylation is 2. The summed E-state index contributed by atoms with van der Waals surface area (Å²) in [7, 11) is -10.2. The predicted molar refractivity (Wildman–Crippen MR) is 144 cm³/mol. The van der Waals surface area contributed by atoms with Gasteiger partial charge in [0.1, 0.15) is 10.5 Å². The fourth-order valence-electron chi connectivity index (χ4n) is 4.46. The normalized spacial score (nSPS) is 13.5. The zero-order valence-electron chi connectivity index (χ0n) is 21.5. The van der Waals surface area contributed by atoms with Crippen molar-refractivity contribution in [2.45, 2.75) is 25.2 Å². The van der Waals surface area contributed by atoms with Crippen molar-refractivity contribution in [2.75, 3.05) is 5.32 Å². The van der Waals surface area contributed by atoms with Gasteiger partial charge in [0.05, 0.1) is 17.8 Å². The summed E-state index contributed by atoms with van der Waals surface area (Å²) in [6, 6.07) is 9.78. The maximum Gasteiger partial charge on any atom is 0.310 e. The second kappa shape index (κ2) is 8.89. The zero-order chi connectivity index (χ0) is 29.8. The molecule has 41 heavy (non-hydrogen) atoms. The largest absolute Gasteiger partial charge is 0.481 e. The molecule has 14 heteroatoms. The van der Waals surface area contributed by atoms with Gasteiger partial charge in [0.2, 0.25) is 0 Å². The first-order valence-electron chi connectivity index (χ1n) is 12.0. The molecule has 0 spiro atoms. The molecular weight excluding hydrogens is 569 g/mol. The Morgan fingerprint density at radius 2 is 1.73 bits per heavy atom. The molecular formula is C27H22F5N5O3S. The number of amides is 1. The summed E-state index contributed by atoms with van der Waals surface area (Å²) in [5.74, 6) is -2.65. The highest BCUT2D eigenvalue weighted by molar-refractivity contribution is 8.45. The lowest BCUT2D eigenvalue weighted by molar-refractivity contribution is -0.136. The SMILES string of the molecule is Cc1cc(C)c(-n2ccn3nc(-c4cccnc4)cc23)cc1NC(=O)c1cc(CC(=O)O)cc(S(F)(F)(F)(F)F)c1. The van der Waals surface area contributed by atoms with Crippen LogP contribution in [0.3, 0.4) is 0 Å². The number of rotatable bonds is 7. The average molecular weight is 592 g/mol. The maximum absolute atomic E-state index is 13.6. The number of hydrogen-bond donors (Lipinski definition) is 2. The first-order valence-corrected chi connectivity index (χ1v) is 13.9. The van der Waals surface area contributed by atoms with E-state index in [1.54, 1.807) is 59.0 Å². The van der Waals surface area contributed by atoms with Crippen molar-refractivity contribution in [3.05, 3.63) is 95.6 Å². The quantitative estimate of drug-likeness (QED) is 0.193. The summed E-state index contributed by atoms with van der Waals surface area (Å²) in [6.07, 6.45) is 5.80. The second-order valence-corrected chi connectivity index (χ2v) is 12.0. The first kappa shape index (κ1) is 27.8. The van der Waals surface area contributed by atoms with Gasteiger partial charge in [0.15, 0.2) is 0 Å². The lowest BCUT2D eigenvalue weighted by Crippen LogP contribution is -2.16. The molecule has 0 bridgehead atoms. The van der Waals surface area contributed by atoms with Gasteiger partial charge < -0.3 is 10.4 Å². The number of pyridine rings is 1. The van der Waals surface area contributed by atoms with E-state index >= 15 is 0 Å². The van der Waals surface area contributed by atoms with Crippen LogP contribution in [-0.2, 0) is 11.2 Å². The molecule has 0 aliphatic carbocycles. The van der Waals surface area contributed by atoms with Crippen LogP contribution in [0.1, 0.15) is 27.0 Å². The lowest BCUT2D eigenvalue weighted by Gasteiger charge is -2.40. The number of fused-ring (bicyclic) bond motifs is 1. The van der Waals surface area contributed by atoms with Gasteiger partial charge in [0.25, 0.3) is 5.91 Å². The van der Waals surface area contributed by atoms with Crippen molar-refractivity contribution in [3.63, 3.8) is 0 Å². The van der Waals surface area contributed by atoms with E-state index in [0.29, 0.717) is 22.6 Å². The number of carbonyl (C=O) groups excluding carboxylic acids is 1. The number of carboxylic acid groups (broad SMARTS) is 1. The van der Waals surface area contributed by atoms with Crippen molar-refractivity contribution in [1.82, 2.24) is 19.2 Å². The number of aromatic nitrogens is 4. The molecule has 1 amide bonds. The van der Waals surface area contributed by atoms with Gasteiger partial charge in [-0.25, -0.2) is 4.52 Å². The van der Waals surface area contributed by atoms with E-state index in [1.807, 2.05) is 19.1 Å². The summed E-state index contributed by atoms with van der Waals surface area (Å²) in [6.45, 7) is 3.50. The number of nitrogens with zero attached hydrogens (tertiary/aromatic N) is 4. The van der Waals surface area contributed by atoms with Crippen molar-refractivity contribution in [2.24, 2.45) is 0 Å². The van der Waals surface area contributed by atoms with Crippen molar-refractivity contribution in [3.8, 4) is 16.9 Å². The minimum atomic E-state index is -10.2. The number of benzene rings is 2. The van der Waals surface area contributed by atoms with E-state index in [0.717, 1.165) is 17.2 Å². The van der Waals surface area contributed by atoms with Gasteiger partial charge >= 0.3 is 16.2 Å². The van der Waals surface area contributed by atoms with E-state index in [9.17, 15) is 29.0 Å². The molecule has 2 aromatic carbocycles. The Bertz CT molecular complexity index is 1850. The molecule has 2 N–H and O–H groups in total. The fraction of sp³-hybridized carbons (Fsp3) is 0.111. The van der Waals surface area contributed by atoms with Crippen LogP contribution < -0.4 is 5.32 Å². The molecule has 5 aromatic rings. The summed E-state index contributed by atoms with van der Waals surface area (Å²) in [5, 5.41) is 16.0. The monoisotopic (exact) mass is 591 g/mol. The van der Waals surface area contributed by atoms with Crippen LogP contribution in [0.15, 0.2) is 78.2 Å². The molecule has 8 nitrogen and oxygen atoms in total. The highest BCUT2D eigenvalue weighted by Crippen LogP contribution is 3.02. The third-order valence-corrected chi connectivity index (χ3v) is 7.48. The van der Waals surface area contributed by atoms with E-state index in [-0.39, 0.29) is 17.8 Å². The van der Waals surface area contributed by atoms with Crippen LogP contribution in [0, 0.1) is 13.8 Å². The first-order chi connectivity index (χ1) is 19.0. The Morgan fingerprint density at radius 1 is 0.976 bits per heavy atom. The standard InChI is InChI=1S/C27H22F5N5O3S/c1-16-8-17(2)24(36-6-7-37-25(36)14-23(35-37)19-4-3-5-33-15-19)13-22(16)34-27(40)20-9-18(11-26(38)39)10-21(12-20)41(28,29,30,31)32/h3-10,12-15H,11H2,1-2H3,(H,34,40)(H,38,39). The Balaban J connectivity index is 1.53. The molecule has 0 aliphatic rings. The minimum absolute atomic E-state index is 0.0361. The van der Waals surface area contributed by atoms with E-state index < -0.39 is 44.5 Å². The van der Waals surface area contributed by atoms with Gasteiger partial charge in [-0.1, -0.05) is 25.5 Å². The highest BCUT2D eigenvalue weighted by Gasteiger charge is 2.65. The molecule has 0 saturated heterocycles. The number of carboxylic acids is 1. The minimum Gasteiger partial charge on any atom is -0.481 e. The van der Waals surface area contributed by atoms with Crippen LogP contribution in [0.5, 0.6) is 0 Å². The van der Waals surface area contributed by atoms with Crippen LogP contribution in [0.4, 0.5) is 25.1 Å². The van der Waals surface area contributed by atoms with E-state index in [2.05, 4.69) is 15.4 Å². The van der Waals surface area contributed by atoms with Crippen LogP contribution >= 0.6 is 10.2 Å². The fourth-order valence-corrected chi connectivity index (χ4v) is 5.18. The molecule has 3 heterocycles. The number of carbonyl (C=O) groups is 2. The van der Waals surface area contributed by atoms with Gasteiger partial charge in [-0.2, -0.15) is 5.10 Å². The van der Waals surface area contributed by atoms with Gasteiger partial charge in [-0.05, 0) is 66.9 Å². The molecule has 5 rings (SSSR count). The Labute approximate surface area is 229 Å². The van der Waals surface area contributed by atoms with Crippen molar-refractivity contribution >= 4 is 33.4 Å². The second-order valence-electron chi connectivity index (χ2n) is 9.56. The summed E-state index contributed by atoms with van der Waals surface area (Å²) in [5.41, 5.74) is 2.99. The van der Waals surface area contributed by atoms with Crippen molar-refractivity contribution < 1.29 is 34.1 Å². The molecule has 0 saturated carbocycles. The number of aliphatic carboxylic acids is 1. The van der Waals surface area contributed by atoms with Crippen LogP contribution in [0.25, 0.3) is 22.6 Å². The Morgan fingerprint density at radius 3 is 2.39 bits per heavy atom. The smallest absolute Gasteiger partial charge is 0.310 e. The number of nitrogens with one attached hydrogen (secondary N) is 1. The topological polar surface area (TPSA) is 102 Å². The Hall–Kier alpha value is -4.72. The number of hydrogen-bond acceptors (Lipinski definition) is 4. The average Bonchev–Trinajstić information content (AvgIpc) is 3.46. The van der Waals surface area contributed by atoms with Crippen LogP contribution in [0.2, 0.25) is 0 Å². The molecule has 0 aliphatic heterocycles. The molecule has 0 fully saturated rings. The van der Waals surface area contributed by atoms with Gasteiger partial charge in [-0.3, -0.25) is 19.1 Å². The van der Waals surface area contributed by atoms with E-state index in [4.69, 9.17) is 5.11 Å². The molecule has 0 radical (unpaired) electrons. The molecule has 0 atom stereocenters. The lowest BCUT2D eigenvalue weighted by atomic mass is 10.1. The Kier molecular flexibility index (Phi) is 6.04. The number of imidazole rings is 1. The molecule has 3 aromatic heterocycles. The summed E-state index contributed by atoms with van der Waals surface area (Å²) < 4.78 is 71.4. The third-order valence-electron chi connectivity index (χ3n) is 6.36. The predicted octanol–water partition coefficient (Wildman–Crippen LogP) is 7.34. The number of anilines is 1. The summed E-state index contributed by atoms with van der Waals surface area (Å²) >= 11 is 0. The zero-order valence-corrected chi connectivity index (χ0v) is 22.3. The van der Waals surface area contributed by atoms with Gasteiger partial charge in [-0.15, -0.1) is 0 Å². The highest BCUT2D eigenvalue weighted by atomic mass is 32.5. The summed E-state index contributed by atoms with van der Waals surface area (Å²) in [4.78, 5) is 25.9. The molecule has 214 valence electrons. The van der Waals surface area contributed by atoms with Gasteiger partial charge in [0, 0.05) is 47.7 Å². The van der Waals surface area contributed by atoms with Crippen molar-refractivity contribution in [1.29, 1.82) is 0 Å². The maximum atomic E-state index is 13.6.